The molecule has 1 aromatic heterocycles. The molecule has 4 nitrogen and oxygen atoms in total. The van der Waals surface area contributed by atoms with E-state index >= 15 is 0 Å². The van der Waals surface area contributed by atoms with Crippen LogP contribution in [0, 0.1) is 0 Å². The summed E-state index contributed by atoms with van der Waals surface area (Å²) in [5, 5.41) is 1.09. The van der Waals surface area contributed by atoms with Gasteiger partial charge in [-0.3, -0.25) is 0 Å². The first-order valence-electron chi connectivity index (χ1n) is 6.40. The van der Waals surface area contributed by atoms with E-state index in [-0.39, 0.29) is 0 Å². The Morgan fingerprint density at radius 2 is 1.85 bits per heavy atom. The van der Waals surface area contributed by atoms with Crippen molar-refractivity contribution in [1.29, 1.82) is 0 Å². The SMILES string of the molecule is COc1ccccc1OCc1cc2cccc(N)c2[nH]1. The number of hydrogen-bond acceptors (Lipinski definition) is 3. The van der Waals surface area contributed by atoms with E-state index in [2.05, 4.69) is 4.98 Å². The number of methoxy groups -OCH3 is 1. The van der Waals surface area contributed by atoms with Crippen molar-refractivity contribution in [1.82, 2.24) is 4.98 Å². The molecule has 0 aliphatic heterocycles. The summed E-state index contributed by atoms with van der Waals surface area (Å²) in [5.41, 5.74) is 8.60. The van der Waals surface area contributed by atoms with E-state index in [4.69, 9.17) is 15.2 Å². The number of aromatic nitrogens is 1. The number of para-hydroxylation sites is 3. The predicted molar refractivity (Wildman–Crippen MR) is 80.0 cm³/mol. The first-order valence-corrected chi connectivity index (χ1v) is 6.40. The highest BCUT2D eigenvalue weighted by Crippen LogP contribution is 2.27. The molecule has 0 radical (unpaired) electrons. The van der Waals surface area contributed by atoms with Crippen LogP contribution in [-0.2, 0) is 6.61 Å². The number of ether oxygens (including phenoxy) is 2. The van der Waals surface area contributed by atoms with Crippen LogP contribution >= 0.6 is 0 Å². The Kier molecular flexibility index (Phi) is 3.21. The fourth-order valence-corrected chi connectivity index (χ4v) is 2.21. The van der Waals surface area contributed by atoms with Crippen molar-refractivity contribution >= 4 is 16.6 Å². The second-order valence-electron chi connectivity index (χ2n) is 4.55. The molecule has 4 heteroatoms. The minimum atomic E-state index is 0.439. The molecule has 0 aliphatic rings. The number of aromatic amines is 1. The van der Waals surface area contributed by atoms with Gasteiger partial charge in [-0.15, -0.1) is 0 Å². The summed E-state index contributed by atoms with van der Waals surface area (Å²) in [6, 6.07) is 15.5. The molecule has 102 valence electrons. The first-order chi connectivity index (χ1) is 9.78. The number of nitrogens with one attached hydrogen (secondary N) is 1. The molecule has 0 spiro atoms. The molecule has 0 saturated heterocycles. The van der Waals surface area contributed by atoms with Crippen molar-refractivity contribution < 1.29 is 9.47 Å². The molecule has 2 aromatic carbocycles. The third-order valence-corrected chi connectivity index (χ3v) is 3.20. The van der Waals surface area contributed by atoms with Gasteiger partial charge in [0.05, 0.1) is 24.0 Å². The molecule has 3 N–H and O–H groups in total. The number of nitrogen functional groups attached to an aromatic ring is 1. The Bertz CT molecular complexity index is 734. The van der Waals surface area contributed by atoms with Crippen LogP contribution in [0.5, 0.6) is 11.5 Å². The zero-order chi connectivity index (χ0) is 13.9. The van der Waals surface area contributed by atoms with Crippen LogP contribution in [0.25, 0.3) is 10.9 Å². The van der Waals surface area contributed by atoms with Crippen LogP contribution in [0.3, 0.4) is 0 Å². The van der Waals surface area contributed by atoms with Crippen molar-refractivity contribution in [3.05, 3.63) is 54.2 Å². The first kappa shape index (κ1) is 12.4. The summed E-state index contributed by atoms with van der Waals surface area (Å²) in [6.45, 7) is 0.439. The summed E-state index contributed by atoms with van der Waals surface area (Å²) in [5.74, 6) is 1.45. The van der Waals surface area contributed by atoms with E-state index in [0.29, 0.717) is 6.61 Å². The van der Waals surface area contributed by atoms with Gasteiger partial charge in [-0.1, -0.05) is 24.3 Å². The van der Waals surface area contributed by atoms with Gasteiger partial charge in [-0.2, -0.15) is 0 Å². The molecular formula is C16H16N2O2. The maximum Gasteiger partial charge on any atom is 0.161 e. The summed E-state index contributed by atoms with van der Waals surface area (Å²) < 4.78 is 11.0. The van der Waals surface area contributed by atoms with Crippen molar-refractivity contribution in [3.63, 3.8) is 0 Å². The third-order valence-electron chi connectivity index (χ3n) is 3.20. The van der Waals surface area contributed by atoms with E-state index < -0.39 is 0 Å². The maximum absolute atomic E-state index is 5.93. The van der Waals surface area contributed by atoms with Gasteiger partial charge in [0.1, 0.15) is 6.61 Å². The highest BCUT2D eigenvalue weighted by Gasteiger charge is 2.06. The number of hydrogen-bond donors (Lipinski definition) is 2. The van der Waals surface area contributed by atoms with Gasteiger partial charge < -0.3 is 20.2 Å². The summed E-state index contributed by atoms with van der Waals surface area (Å²) >= 11 is 0. The van der Waals surface area contributed by atoms with Gasteiger partial charge in [0.25, 0.3) is 0 Å². The second-order valence-corrected chi connectivity index (χ2v) is 4.55. The molecule has 0 amide bonds. The van der Waals surface area contributed by atoms with Crippen LogP contribution in [0.2, 0.25) is 0 Å². The van der Waals surface area contributed by atoms with Gasteiger partial charge in [0.15, 0.2) is 11.5 Å². The lowest BCUT2D eigenvalue weighted by atomic mass is 10.2. The molecule has 0 atom stereocenters. The zero-order valence-electron chi connectivity index (χ0n) is 11.2. The standard InChI is InChI=1S/C16H16N2O2/c1-19-14-7-2-3-8-15(14)20-10-12-9-11-5-4-6-13(17)16(11)18-12/h2-9,18H,10,17H2,1H3. The molecule has 0 saturated carbocycles. The Hall–Kier alpha value is -2.62. The Balaban J connectivity index is 1.82. The minimum Gasteiger partial charge on any atom is -0.493 e. The van der Waals surface area contributed by atoms with Gasteiger partial charge in [0, 0.05) is 5.39 Å². The van der Waals surface area contributed by atoms with E-state index in [1.54, 1.807) is 7.11 Å². The monoisotopic (exact) mass is 268 g/mol. The van der Waals surface area contributed by atoms with E-state index in [9.17, 15) is 0 Å². The molecule has 0 fully saturated rings. The average molecular weight is 268 g/mol. The lowest BCUT2D eigenvalue weighted by molar-refractivity contribution is 0.281. The number of rotatable bonds is 4. The predicted octanol–water partition coefficient (Wildman–Crippen LogP) is 3.34. The molecule has 0 aliphatic carbocycles. The Labute approximate surface area is 117 Å². The summed E-state index contributed by atoms with van der Waals surface area (Å²) in [6.07, 6.45) is 0. The third kappa shape index (κ3) is 2.28. The van der Waals surface area contributed by atoms with Crippen LogP contribution in [0.4, 0.5) is 5.69 Å². The Morgan fingerprint density at radius 3 is 2.60 bits per heavy atom. The fourth-order valence-electron chi connectivity index (χ4n) is 2.21. The Morgan fingerprint density at radius 1 is 1.05 bits per heavy atom. The van der Waals surface area contributed by atoms with E-state index in [1.165, 1.54) is 0 Å². The highest BCUT2D eigenvalue weighted by atomic mass is 16.5. The van der Waals surface area contributed by atoms with Gasteiger partial charge >= 0.3 is 0 Å². The van der Waals surface area contributed by atoms with E-state index in [1.807, 2.05) is 48.5 Å². The van der Waals surface area contributed by atoms with Crippen LogP contribution < -0.4 is 15.2 Å². The largest absolute Gasteiger partial charge is 0.493 e. The van der Waals surface area contributed by atoms with Crippen LogP contribution in [0.1, 0.15) is 5.69 Å². The molecule has 1 heterocycles. The molecule has 0 unspecified atom stereocenters. The second kappa shape index (κ2) is 5.17. The fraction of sp³-hybridized carbons (Fsp3) is 0.125. The molecule has 0 bridgehead atoms. The van der Waals surface area contributed by atoms with Crippen molar-refractivity contribution in [3.8, 4) is 11.5 Å². The number of H-pyrrole nitrogens is 1. The van der Waals surface area contributed by atoms with Crippen LogP contribution in [0.15, 0.2) is 48.5 Å². The average Bonchev–Trinajstić information content (AvgIpc) is 2.90. The normalized spacial score (nSPS) is 10.7. The van der Waals surface area contributed by atoms with Gasteiger partial charge in [-0.25, -0.2) is 0 Å². The lowest BCUT2D eigenvalue weighted by Crippen LogP contribution is -1.97. The molecule has 20 heavy (non-hydrogen) atoms. The van der Waals surface area contributed by atoms with Crippen molar-refractivity contribution in [2.45, 2.75) is 6.61 Å². The number of anilines is 1. The van der Waals surface area contributed by atoms with Gasteiger partial charge in [0.2, 0.25) is 0 Å². The molecule has 3 aromatic rings. The number of fused-ring (bicyclic) bond motifs is 1. The summed E-state index contributed by atoms with van der Waals surface area (Å²) in [4.78, 5) is 3.28. The van der Waals surface area contributed by atoms with E-state index in [0.717, 1.165) is 33.8 Å². The number of benzene rings is 2. The van der Waals surface area contributed by atoms with Gasteiger partial charge in [-0.05, 0) is 24.3 Å². The minimum absolute atomic E-state index is 0.439. The lowest BCUT2D eigenvalue weighted by Gasteiger charge is -2.09. The molecular weight excluding hydrogens is 252 g/mol. The quantitative estimate of drug-likeness (QED) is 0.713. The van der Waals surface area contributed by atoms with Crippen LogP contribution in [-0.4, -0.2) is 12.1 Å². The maximum atomic E-state index is 5.93. The topological polar surface area (TPSA) is 60.3 Å². The smallest absolute Gasteiger partial charge is 0.161 e. The molecule has 3 rings (SSSR count). The zero-order valence-corrected chi connectivity index (χ0v) is 11.2. The summed E-state index contributed by atoms with van der Waals surface area (Å²) in [7, 11) is 1.63. The number of nitrogens with two attached hydrogens (primary N) is 1. The highest BCUT2D eigenvalue weighted by molar-refractivity contribution is 5.90. The van der Waals surface area contributed by atoms with Crippen molar-refractivity contribution in [2.75, 3.05) is 12.8 Å². The van der Waals surface area contributed by atoms with Crippen molar-refractivity contribution in [2.24, 2.45) is 0 Å².